The van der Waals surface area contributed by atoms with E-state index in [4.69, 9.17) is 5.11 Å². The van der Waals surface area contributed by atoms with E-state index < -0.39 is 28.8 Å². The summed E-state index contributed by atoms with van der Waals surface area (Å²) < 4.78 is 42.8. The van der Waals surface area contributed by atoms with E-state index in [-0.39, 0.29) is 40.8 Å². The van der Waals surface area contributed by atoms with Crippen LogP contribution in [0.25, 0.3) is 16.7 Å². The molecule has 5 nitrogen and oxygen atoms in total. The molecular formula is C22H19F3N2O3. The lowest BCUT2D eigenvalue weighted by Gasteiger charge is -2.05. The molecule has 0 aliphatic rings. The highest BCUT2D eigenvalue weighted by atomic mass is 19.1. The van der Waals surface area contributed by atoms with Gasteiger partial charge in [0.25, 0.3) is 5.56 Å². The van der Waals surface area contributed by atoms with E-state index in [0.717, 1.165) is 22.6 Å². The van der Waals surface area contributed by atoms with E-state index in [1.54, 1.807) is 6.07 Å². The SMILES string of the molecule is CC.O=C(c1ccc(F)cc1F)c1ccc(=O)n2c1[nH]c1cc(CCO)cc(F)c12. The molecule has 0 spiro atoms. The van der Waals surface area contributed by atoms with E-state index in [9.17, 15) is 22.8 Å². The van der Waals surface area contributed by atoms with Gasteiger partial charge in [-0.1, -0.05) is 13.8 Å². The number of hydrogen-bond acceptors (Lipinski definition) is 3. The normalized spacial score (nSPS) is 10.9. The third-order valence-electron chi connectivity index (χ3n) is 4.51. The molecule has 0 saturated carbocycles. The minimum atomic E-state index is -1.04. The number of hydrogen-bond donors (Lipinski definition) is 2. The molecule has 2 aromatic carbocycles. The fourth-order valence-corrected chi connectivity index (χ4v) is 3.26. The molecule has 2 aromatic heterocycles. The number of rotatable bonds is 4. The molecule has 0 unspecified atom stereocenters. The predicted molar refractivity (Wildman–Crippen MR) is 107 cm³/mol. The van der Waals surface area contributed by atoms with E-state index in [1.807, 2.05) is 13.8 Å². The molecule has 4 aromatic rings. The largest absolute Gasteiger partial charge is 0.396 e. The van der Waals surface area contributed by atoms with Crippen molar-refractivity contribution >= 4 is 22.5 Å². The van der Waals surface area contributed by atoms with Crippen LogP contribution >= 0.6 is 0 Å². The number of fused-ring (bicyclic) bond motifs is 3. The predicted octanol–water partition coefficient (Wildman–Crippen LogP) is 3.99. The summed E-state index contributed by atoms with van der Waals surface area (Å²) in [5.41, 5.74) is -0.324. The Morgan fingerprint density at radius 2 is 1.70 bits per heavy atom. The molecular weight excluding hydrogens is 397 g/mol. The average Bonchev–Trinajstić information content (AvgIpc) is 3.10. The molecule has 8 heteroatoms. The minimum absolute atomic E-state index is 0.00345. The highest BCUT2D eigenvalue weighted by Gasteiger charge is 2.21. The summed E-state index contributed by atoms with van der Waals surface area (Å²) in [6.07, 6.45) is 0.212. The monoisotopic (exact) mass is 416 g/mol. The molecule has 0 aliphatic heterocycles. The summed E-state index contributed by atoms with van der Waals surface area (Å²) in [4.78, 5) is 28.0. The Labute approximate surface area is 169 Å². The topological polar surface area (TPSA) is 74.6 Å². The van der Waals surface area contributed by atoms with Gasteiger partial charge in [0.05, 0.1) is 16.6 Å². The number of halogens is 3. The van der Waals surface area contributed by atoms with Gasteiger partial charge in [0.15, 0.2) is 5.78 Å². The fourth-order valence-electron chi connectivity index (χ4n) is 3.26. The van der Waals surface area contributed by atoms with Crippen molar-refractivity contribution < 1.29 is 23.1 Å². The Hall–Kier alpha value is -3.39. The lowest BCUT2D eigenvalue weighted by atomic mass is 10.0. The van der Waals surface area contributed by atoms with Crippen molar-refractivity contribution in [1.82, 2.24) is 9.38 Å². The Bertz CT molecular complexity index is 1310. The number of aromatic nitrogens is 2. The van der Waals surface area contributed by atoms with Gasteiger partial charge >= 0.3 is 0 Å². The van der Waals surface area contributed by atoms with Crippen LogP contribution in [0.4, 0.5) is 13.2 Å². The summed E-state index contributed by atoms with van der Waals surface area (Å²) in [6.45, 7) is 3.82. The Morgan fingerprint density at radius 3 is 2.37 bits per heavy atom. The quantitative estimate of drug-likeness (QED) is 0.494. The first kappa shape index (κ1) is 21.3. The lowest BCUT2D eigenvalue weighted by Crippen LogP contribution is -2.15. The van der Waals surface area contributed by atoms with Crippen LogP contribution in [0.5, 0.6) is 0 Å². The maximum atomic E-state index is 14.6. The van der Waals surface area contributed by atoms with Crippen LogP contribution < -0.4 is 5.56 Å². The number of aliphatic hydroxyl groups is 1. The number of carbonyl (C=O) groups excluding carboxylic acids is 1. The number of pyridine rings is 1. The second-order valence-electron chi connectivity index (χ2n) is 6.29. The molecule has 0 bridgehead atoms. The molecule has 2 heterocycles. The molecule has 0 atom stereocenters. The Balaban J connectivity index is 0.00000124. The third kappa shape index (κ3) is 3.61. The summed E-state index contributed by atoms with van der Waals surface area (Å²) in [6, 6.07) is 7.61. The maximum absolute atomic E-state index is 14.6. The van der Waals surface area contributed by atoms with Crippen LogP contribution in [0.15, 0.2) is 47.3 Å². The van der Waals surface area contributed by atoms with Crippen molar-refractivity contribution in [1.29, 1.82) is 0 Å². The zero-order chi connectivity index (χ0) is 22.0. The zero-order valence-corrected chi connectivity index (χ0v) is 16.3. The second-order valence-corrected chi connectivity index (χ2v) is 6.29. The van der Waals surface area contributed by atoms with Gasteiger partial charge in [-0.2, -0.15) is 0 Å². The van der Waals surface area contributed by atoms with Gasteiger partial charge in [0.1, 0.15) is 28.6 Å². The fraction of sp³-hybridized carbons (Fsp3) is 0.182. The lowest BCUT2D eigenvalue weighted by molar-refractivity contribution is 0.103. The van der Waals surface area contributed by atoms with Gasteiger partial charge in [0.2, 0.25) is 0 Å². The van der Waals surface area contributed by atoms with E-state index >= 15 is 0 Å². The molecule has 30 heavy (non-hydrogen) atoms. The third-order valence-corrected chi connectivity index (χ3v) is 4.51. The summed E-state index contributed by atoms with van der Waals surface area (Å²) in [7, 11) is 0. The number of aliphatic hydroxyl groups excluding tert-OH is 1. The number of imidazole rings is 1. The van der Waals surface area contributed by atoms with Crippen molar-refractivity contribution in [3.8, 4) is 0 Å². The standard InChI is InChI=1S/C20H13F3N2O3.C2H6/c21-11-1-2-12(14(22)9-11)19(28)13-3-4-17(27)25-18-15(23)7-10(5-6-26)8-16(18)24-20(13)25;1-2/h1-4,7-9,24,26H,5-6H2;1-2H3. The smallest absolute Gasteiger partial charge is 0.256 e. The highest BCUT2D eigenvalue weighted by Crippen LogP contribution is 2.24. The van der Waals surface area contributed by atoms with Gasteiger partial charge in [-0.3, -0.25) is 14.0 Å². The minimum Gasteiger partial charge on any atom is -0.396 e. The van der Waals surface area contributed by atoms with Crippen LogP contribution in [0.3, 0.4) is 0 Å². The summed E-state index contributed by atoms with van der Waals surface area (Å²) in [5, 5.41) is 9.06. The molecule has 4 rings (SSSR count). The molecule has 156 valence electrons. The second kappa shape index (κ2) is 8.54. The van der Waals surface area contributed by atoms with Crippen molar-refractivity contribution in [2.75, 3.05) is 6.61 Å². The highest BCUT2D eigenvalue weighted by molar-refractivity contribution is 6.13. The Morgan fingerprint density at radius 1 is 1.00 bits per heavy atom. The van der Waals surface area contributed by atoms with Gasteiger partial charge in [-0.05, 0) is 42.3 Å². The van der Waals surface area contributed by atoms with Gasteiger partial charge < -0.3 is 10.1 Å². The van der Waals surface area contributed by atoms with Crippen LogP contribution in [0.2, 0.25) is 0 Å². The van der Waals surface area contributed by atoms with Crippen molar-refractivity contribution in [3.63, 3.8) is 0 Å². The van der Waals surface area contributed by atoms with E-state index in [2.05, 4.69) is 4.98 Å². The van der Waals surface area contributed by atoms with Crippen LogP contribution in [0.1, 0.15) is 35.3 Å². The molecule has 0 saturated heterocycles. The van der Waals surface area contributed by atoms with E-state index in [1.165, 1.54) is 12.1 Å². The zero-order valence-electron chi connectivity index (χ0n) is 16.3. The number of carbonyl (C=O) groups is 1. The number of ketones is 1. The summed E-state index contributed by atoms with van der Waals surface area (Å²) in [5.74, 6) is -3.35. The van der Waals surface area contributed by atoms with Crippen LogP contribution in [-0.2, 0) is 6.42 Å². The maximum Gasteiger partial charge on any atom is 0.256 e. The molecule has 0 radical (unpaired) electrons. The molecule has 0 fully saturated rings. The molecule has 2 N–H and O–H groups in total. The number of nitrogens with zero attached hydrogens (tertiary/aromatic N) is 1. The average molecular weight is 416 g/mol. The van der Waals surface area contributed by atoms with Crippen molar-refractivity contribution in [3.05, 3.63) is 87.0 Å². The first-order chi connectivity index (χ1) is 14.4. The first-order valence-corrected chi connectivity index (χ1v) is 9.37. The van der Waals surface area contributed by atoms with Crippen LogP contribution in [0, 0.1) is 17.5 Å². The first-order valence-electron chi connectivity index (χ1n) is 9.37. The van der Waals surface area contributed by atoms with Crippen molar-refractivity contribution in [2.45, 2.75) is 20.3 Å². The number of H-pyrrole nitrogens is 1. The number of nitrogens with one attached hydrogen (secondary N) is 1. The van der Waals surface area contributed by atoms with Gasteiger partial charge in [-0.25, -0.2) is 13.2 Å². The van der Waals surface area contributed by atoms with Crippen LogP contribution in [-0.4, -0.2) is 26.9 Å². The van der Waals surface area contributed by atoms with Gasteiger partial charge in [0, 0.05) is 18.7 Å². The number of benzene rings is 2. The van der Waals surface area contributed by atoms with Crippen molar-refractivity contribution in [2.24, 2.45) is 0 Å². The molecule has 0 aliphatic carbocycles. The van der Waals surface area contributed by atoms with E-state index in [0.29, 0.717) is 11.6 Å². The summed E-state index contributed by atoms with van der Waals surface area (Å²) >= 11 is 0. The molecule has 0 amide bonds. The number of aromatic amines is 1. The Kier molecular flexibility index (Phi) is 6.07. The van der Waals surface area contributed by atoms with Gasteiger partial charge in [-0.15, -0.1) is 0 Å².